The zero-order chi connectivity index (χ0) is 33.1. The van der Waals surface area contributed by atoms with Gasteiger partial charge in [0.25, 0.3) is 0 Å². The van der Waals surface area contributed by atoms with E-state index in [0.717, 1.165) is 16.7 Å². The summed E-state index contributed by atoms with van der Waals surface area (Å²) < 4.78 is 29.2. The lowest BCUT2D eigenvalue weighted by Crippen LogP contribution is -2.35. The molecular formula is C37H46O8. The van der Waals surface area contributed by atoms with Gasteiger partial charge in [-0.2, -0.15) is 0 Å². The maximum Gasteiger partial charge on any atom is 0.333 e. The molecule has 4 atom stereocenters. The first kappa shape index (κ1) is 34.0. The summed E-state index contributed by atoms with van der Waals surface area (Å²) in [7, 11) is 0. The largest absolute Gasteiger partial charge is 0.465 e. The molecule has 2 aromatic carbocycles. The summed E-state index contributed by atoms with van der Waals surface area (Å²) in [5, 5.41) is 0. The van der Waals surface area contributed by atoms with Crippen LogP contribution in [0.5, 0.6) is 0 Å². The van der Waals surface area contributed by atoms with E-state index in [1.165, 1.54) is 12.3 Å². The van der Waals surface area contributed by atoms with Gasteiger partial charge < -0.3 is 23.7 Å². The van der Waals surface area contributed by atoms with Crippen LogP contribution in [0.1, 0.15) is 102 Å². The smallest absolute Gasteiger partial charge is 0.333 e. The van der Waals surface area contributed by atoms with E-state index in [1.807, 2.05) is 42.5 Å². The standard InChI is InChI=1S/C37H46O8/c1-10-41-27(38)19-20-44-32-25-18-17-24(37(7,8)9)21-26(25)28(34(39)42-11-2)33-29(32)30(35(40)43-12-3)31(45-33)22-13-15-23(16-14-22)36(4,5)6/h13-21,28,30-31,33H,10-12H2,1-9H3/b20-19+/t28-,30+,31+,33?/m0/s1. The predicted octanol–water partition coefficient (Wildman–Crippen LogP) is 7.07. The summed E-state index contributed by atoms with van der Waals surface area (Å²) >= 11 is 0. The van der Waals surface area contributed by atoms with E-state index in [0.29, 0.717) is 22.5 Å². The van der Waals surface area contributed by atoms with Crippen molar-refractivity contribution in [2.24, 2.45) is 5.92 Å². The predicted molar refractivity (Wildman–Crippen MR) is 171 cm³/mol. The number of hydrogen-bond donors (Lipinski definition) is 0. The van der Waals surface area contributed by atoms with Crippen molar-refractivity contribution in [3.63, 3.8) is 0 Å². The fourth-order valence-electron chi connectivity index (χ4n) is 5.88. The van der Waals surface area contributed by atoms with Gasteiger partial charge in [-0.1, -0.05) is 84.0 Å². The van der Waals surface area contributed by atoms with Crippen molar-refractivity contribution in [1.29, 1.82) is 0 Å². The van der Waals surface area contributed by atoms with Crippen molar-refractivity contribution < 1.29 is 38.1 Å². The van der Waals surface area contributed by atoms with Crippen LogP contribution in [0.15, 0.2) is 60.4 Å². The molecule has 45 heavy (non-hydrogen) atoms. The highest BCUT2D eigenvalue weighted by Crippen LogP contribution is 2.54. The minimum atomic E-state index is -0.922. The molecule has 1 aliphatic carbocycles. The van der Waals surface area contributed by atoms with Gasteiger partial charge in [-0.15, -0.1) is 0 Å². The molecule has 0 saturated carbocycles. The van der Waals surface area contributed by atoms with Gasteiger partial charge in [0.05, 0.1) is 32.2 Å². The third kappa shape index (κ3) is 7.17. The quantitative estimate of drug-likeness (QED) is 0.127. The van der Waals surface area contributed by atoms with Gasteiger partial charge in [0.15, 0.2) is 0 Å². The Balaban J connectivity index is 1.98. The lowest BCUT2D eigenvalue weighted by Gasteiger charge is -2.33. The number of hydrogen-bond acceptors (Lipinski definition) is 8. The van der Waals surface area contributed by atoms with Crippen LogP contribution in [0.3, 0.4) is 0 Å². The molecule has 4 rings (SSSR count). The van der Waals surface area contributed by atoms with Crippen LogP contribution < -0.4 is 0 Å². The molecule has 2 aliphatic rings. The Morgan fingerprint density at radius 2 is 1.29 bits per heavy atom. The van der Waals surface area contributed by atoms with Gasteiger partial charge in [-0.05, 0) is 53.9 Å². The Hall–Kier alpha value is -3.91. The van der Waals surface area contributed by atoms with Gasteiger partial charge in [-0.3, -0.25) is 9.59 Å². The molecule has 0 aromatic heterocycles. The summed E-state index contributed by atoms with van der Waals surface area (Å²) in [6.07, 6.45) is 0.778. The van der Waals surface area contributed by atoms with Crippen molar-refractivity contribution in [2.45, 2.75) is 91.3 Å². The molecule has 0 spiro atoms. The van der Waals surface area contributed by atoms with E-state index in [4.69, 9.17) is 23.7 Å². The Morgan fingerprint density at radius 3 is 1.84 bits per heavy atom. The summed E-state index contributed by atoms with van der Waals surface area (Å²) in [5.41, 5.74) is 4.38. The minimum Gasteiger partial charge on any atom is -0.465 e. The van der Waals surface area contributed by atoms with Gasteiger partial charge in [0, 0.05) is 11.1 Å². The minimum absolute atomic E-state index is 0.0696. The lowest BCUT2D eigenvalue weighted by atomic mass is 9.73. The van der Waals surface area contributed by atoms with Crippen LogP contribution in [-0.2, 0) is 48.9 Å². The second-order valence-electron chi connectivity index (χ2n) is 13.3. The van der Waals surface area contributed by atoms with Crippen molar-refractivity contribution in [3.05, 3.63) is 88.2 Å². The SMILES string of the molecule is CCOC(=O)/C=C/OC1=C2C(O[C@H](c3ccc(C(C)(C)C)cc3)[C@@H]2C(=O)OCC)[C@@H](C(=O)OCC)c2cc(C(C)(C)C)ccc21. The number of esters is 3. The van der Waals surface area contributed by atoms with E-state index in [-0.39, 0.29) is 30.7 Å². The fourth-order valence-corrected chi connectivity index (χ4v) is 5.88. The van der Waals surface area contributed by atoms with E-state index in [9.17, 15) is 14.4 Å². The van der Waals surface area contributed by atoms with Crippen molar-refractivity contribution >= 4 is 23.7 Å². The molecule has 242 valence electrons. The number of carbonyl (C=O) groups excluding carboxylic acids is 3. The summed E-state index contributed by atoms with van der Waals surface area (Å²) in [5.74, 6) is -2.97. The lowest BCUT2D eigenvalue weighted by molar-refractivity contribution is -0.150. The van der Waals surface area contributed by atoms with Gasteiger partial charge >= 0.3 is 17.9 Å². The summed E-state index contributed by atoms with van der Waals surface area (Å²) in [4.78, 5) is 39.8. The second kappa shape index (κ2) is 13.6. The van der Waals surface area contributed by atoms with Crippen LogP contribution in [0.25, 0.3) is 5.76 Å². The first-order valence-corrected chi connectivity index (χ1v) is 15.7. The Kier molecular flexibility index (Phi) is 10.3. The highest BCUT2D eigenvalue weighted by molar-refractivity contribution is 5.90. The molecule has 1 unspecified atom stereocenters. The van der Waals surface area contributed by atoms with Crippen molar-refractivity contribution in [3.8, 4) is 0 Å². The third-order valence-corrected chi connectivity index (χ3v) is 8.16. The topological polar surface area (TPSA) is 97.4 Å². The monoisotopic (exact) mass is 618 g/mol. The Bertz CT molecular complexity index is 1470. The van der Waals surface area contributed by atoms with Crippen LogP contribution in [-0.4, -0.2) is 43.8 Å². The molecule has 8 heteroatoms. The normalized spacial score (nSPS) is 21.3. The zero-order valence-corrected chi connectivity index (χ0v) is 27.9. The maximum atomic E-state index is 13.8. The molecule has 8 nitrogen and oxygen atoms in total. The number of ether oxygens (including phenoxy) is 5. The van der Waals surface area contributed by atoms with Gasteiger partial charge in [0.2, 0.25) is 0 Å². The highest BCUT2D eigenvalue weighted by Gasteiger charge is 2.55. The van der Waals surface area contributed by atoms with Crippen LogP contribution >= 0.6 is 0 Å². The highest BCUT2D eigenvalue weighted by atomic mass is 16.6. The van der Waals surface area contributed by atoms with E-state index >= 15 is 0 Å². The summed E-state index contributed by atoms with van der Waals surface area (Å²) in [6, 6.07) is 13.8. The second-order valence-corrected chi connectivity index (χ2v) is 13.3. The zero-order valence-electron chi connectivity index (χ0n) is 27.9. The van der Waals surface area contributed by atoms with E-state index < -0.39 is 42.0 Å². The van der Waals surface area contributed by atoms with Crippen LogP contribution in [0.4, 0.5) is 0 Å². The molecule has 1 aliphatic heterocycles. The molecular weight excluding hydrogens is 572 g/mol. The van der Waals surface area contributed by atoms with Crippen molar-refractivity contribution in [1.82, 2.24) is 0 Å². The molecule has 1 heterocycles. The van der Waals surface area contributed by atoms with Crippen LogP contribution in [0, 0.1) is 5.92 Å². The number of fused-ring (bicyclic) bond motifs is 2. The molecule has 0 amide bonds. The van der Waals surface area contributed by atoms with Gasteiger partial charge in [0.1, 0.15) is 29.8 Å². The first-order chi connectivity index (χ1) is 21.2. The first-order valence-electron chi connectivity index (χ1n) is 15.7. The molecule has 0 radical (unpaired) electrons. The summed E-state index contributed by atoms with van der Waals surface area (Å²) in [6.45, 7) is 18.5. The molecule has 1 saturated heterocycles. The number of benzene rings is 2. The fraction of sp³-hybridized carbons (Fsp3) is 0.486. The molecule has 2 aromatic rings. The molecule has 1 fully saturated rings. The molecule has 0 N–H and O–H groups in total. The average Bonchev–Trinajstić information content (AvgIpc) is 3.36. The van der Waals surface area contributed by atoms with Gasteiger partial charge in [-0.25, -0.2) is 4.79 Å². The maximum absolute atomic E-state index is 13.8. The number of rotatable bonds is 9. The molecule has 0 bridgehead atoms. The number of carbonyl (C=O) groups is 3. The van der Waals surface area contributed by atoms with Crippen molar-refractivity contribution in [2.75, 3.05) is 19.8 Å². The Morgan fingerprint density at radius 1 is 0.733 bits per heavy atom. The van der Waals surface area contributed by atoms with E-state index in [1.54, 1.807) is 20.8 Å². The van der Waals surface area contributed by atoms with Crippen LogP contribution in [0.2, 0.25) is 0 Å². The Labute approximate surface area is 266 Å². The van der Waals surface area contributed by atoms with E-state index in [2.05, 4.69) is 41.5 Å². The average molecular weight is 619 g/mol. The third-order valence-electron chi connectivity index (χ3n) is 8.16.